The van der Waals surface area contributed by atoms with Crippen molar-refractivity contribution in [1.29, 1.82) is 5.26 Å². The third kappa shape index (κ3) is 4.01. The summed E-state index contributed by atoms with van der Waals surface area (Å²) in [6, 6.07) is 9.50. The summed E-state index contributed by atoms with van der Waals surface area (Å²) in [5, 5.41) is 8.77. The quantitative estimate of drug-likeness (QED) is 0.775. The van der Waals surface area contributed by atoms with Crippen LogP contribution in [0.5, 0.6) is 5.75 Å². The molecule has 2 aliphatic rings. The van der Waals surface area contributed by atoms with Crippen molar-refractivity contribution in [3.63, 3.8) is 0 Å². The molecule has 1 aromatic rings. The summed E-state index contributed by atoms with van der Waals surface area (Å²) in [6.45, 7) is 4.50. The predicted octanol–water partition coefficient (Wildman–Crippen LogP) is 3.84. The van der Waals surface area contributed by atoms with E-state index in [4.69, 9.17) is 10.00 Å². The zero-order valence-electron chi connectivity index (χ0n) is 13.3. The van der Waals surface area contributed by atoms with Crippen LogP contribution in [0.25, 0.3) is 0 Å². The van der Waals surface area contributed by atoms with Gasteiger partial charge in [-0.2, -0.15) is 5.26 Å². The maximum absolute atomic E-state index is 8.77. The van der Waals surface area contributed by atoms with Crippen molar-refractivity contribution in [2.45, 2.75) is 38.5 Å². The number of benzene rings is 1. The molecular formula is C19H26N2O. The number of likely N-dealkylation sites (tertiary alicyclic amines) is 1. The van der Waals surface area contributed by atoms with Crippen molar-refractivity contribution < 1.29 is 4.74 Å². The first-order valence-corrected chi connectivity index (χ1v) is 8.70. The lowest BCUT2D eigenvalue weighted by atomic mass is 9.75. The first-order valence-electron chi connectivity index (χ1n) is 8.70. The summed E-state index contributed by atoms with van der Waals surface area (Å²) in [6.07, 6.45) is 8.30. The fourth-order valence-electron chi connectivity index (χ4n) is 3.98. The number of fused-ring (bicyclic) bond motifs is 1. The molecule has 1 aliphatic carbocycles. The first-order chi connectivity index (χ1) is 10.8. The zero-order valence-corrected chi connectivity index (χ0v) is 13.3. The Bertz CT molecular complexity index is 505. The Morgan fingerprint density at radius 3 is 2.64 bits per heavy atom. The van der Waals surface area contributed by atoms with Gasteiger partial charge in [0.2, 0.25) is 0 Å². The van der Waals surface area contributed by atoms with Crippen molar-refractivity contribution in [3.05, 3.63) is 29.8 Å². The number of nitrogens with zero attached hydrogens (tertiary/aromatic N) is 2. The minimum absolute atomic E-state index is 0.683. The van der Waals surface area contributed by atoms with Gasteiger partial charge in [0.05, 0.1) is 18.2 Å². The molecule has 1 aromatic carbocycles. The van der Waals surface area contributed by atoms with Crippen molar-refractivity contribution in [3.8, 4) is 11.8 Å². The lowest BCUT2D eigenvalue weighted by Crippen LogP contribution is -2.42. The second-order valence-corrected chi connectivity index (χ2v) is 6.73. The second-order valence-electron chi connectivity index (χ2n) is 6.73. The number of hydrogen-bond acceptors (Lipinski definition) is 3. The zero-order chi connectivity index (χ0) is 15.2. The Hall–Kier alpha value is -1.53. The Morgan fingerprint density at radius 1 is 1.09 bits per heavy atom. The van der Waals surface area contributed by atoms with Gasteiger partial charge in [0.1, 0.15) is 5.75 Å². The summed E-state index contributed by atoms with van der Waals surface area (Å²) >= 11 is 0. The fourth-order valence-corrected chi connectivity index (χ4v) is 3.98. The summed E-state index contributed by atoms with van der Waals surface area (Å²) < 4.78 is 5.77. The van der Waals surface area contributed by atoms with Crippen LogP contribution in [-0.4, -0.2) is 31.1 Å². The number of nitriles is 1. The molecule has 3 rings (SSSR count). The monoisotopic (exact) mass is 298 g/mol. The van der Waals surface area contributed by atoms with Crippen LogP contribution in [0.15, 0.2) is 24.3 Å². The van der Waals surface area contributed by atoms with Gasteiger partial charge in [0.15, 0.2) is 0 Å². The molecule has 118 valence electrons. The molecule has 1 saturated carbocycles. The topological polar surface area (TPSA) is 36.3 Å². The number of rotatable bonds is 5. The third-order valence-electron chi connectivity index (χ3n) is 5.25. The van der Waals surface area contributed by atoms with Crippen LogP contribution in [0.4, 0.5) is 0 Å². The Morgan fingerprint density at radius 2 is 1.86 bits per heavy atom. The molecule has 2 fully saturated rings. The molecule has 0 spiro atoms. The van der Waals surface area contributed by atoms with E-state index >= 15 is 0 Å². The van der Waals surface area contributed by atoms with Crippen molar-refractivity contribution in [1.82, 2.24) is 4.90 Å². The van der Waals surface area contributed by atoms with Gasteiger partial charge in [-0.25, -0.2) is 0 Å². The molecule has 0 amide bonds. The van der Waals surface area contributed by atoms with E-state index in [0.29, 0.717) is 5.56 Å². The van der Waals surface area contributed by atoms with Crippen molar-refractivity contribution in [2.24, 2.45) is 11.8 Å². The summed E-state index contributed by atoms with van der Waals surface area (Å²) in [4.78, 5) is 2.63. The summed E-state index contributed by atoms with van der Waals surface area (Å²) in [5.74, 6) is 2.84. The van der Waals surface area contributed by atoms with Crippen molar-refractivity contribution in [2.75, 3.05) is 26.2 Å². The SMILES string of the molecule is N#Cc1ccc(OCCCN2CCC3CCCCC3C2)cc1. The Labute approximate surface area is 133 Å². The molecule has 1 aliphatic heterocycles. The average Bonchev–Trinajstić information content (AvgIpc) is 2.59. The van der Waals surface area contributed by atoms with E-state index in [1.54, 1.807) is 0 Å². The highest BCUT2D eigenvalue weighted by molar-refractivity contribution is 5.34. The molecule has 0 radical (unpaired) electrons. The standard InChI is InChI=1S/C19H26N2O/c20-14-16-6-8-19(9-7-16)22-13-3-11-21-12-10-17-4-1-2-5-18(17)15-21/h6-9,17-18H,1-5,10-13,15H2. The normalized spacial score (nSPS) is 25.2. The van der Waals surface area contributed by atoms with E-state index < -0.39 is 0 Å². The van der Waals surface area contributed by atoms with Gasteiger partial charge in [-0.3, -0.25) is 0 Å². The first kappa shape index (κ1) is 15.4. The summed E-state index contributed by atoms with van der Waals surface area (Å²) in [7, 11) is 0. The van der Waals surface area contributed by atoms with Crippen LogP contribution in [0.3, 0.4) is 0 Å². The maximum Gasteiger partial charge on any atom is 0.119 e. The van der Waals surface area contributed by atoms with Gasteiger partial charge in [-0.15, -0.1) is 0 Å². The molecule has 2 atom stereocenters. The molecular weight excluding hydrogens is 272 g/mol. The van der Waals surface area contributed by atoms with Crippen LogP contribution < -0.4 is 4.74 Å². The molecule has 0 aromatic heterocycles. The lowest BCUT2D eigenvalue weighted by Gasteiger charge is -2.41. The lowest BCUT2D eigenvalue weighted by molar-refractivity contribution is 0.0830. The fraction of sp³-hybridized carbons (Fsp3) is 0.632. The van der Waals surface area contributed by atoms with E-state index in [0.717, 1.165) is 37.2 Å². The molecule has 0 N–H and O–H groups in total. The molecule has 3 nitrogen and oxygen atoms in total. The minimum atomic E-state index is 0.683. The van der Waals surface area contributed by atoms with Gasteiger partial charge >= 0.3 is 0 Å². The van der Waals surface area contributed by atoms with E-state index in [9.17, 15) is 0 Å². The molecule has 1 saturated heterocycles. The van der Waals surface area contributed by atoms with Crippen LogP contribution >= 0.6 is 0 Å². The average molecular weight is 298 g/mol. The highest BCUT2D eigenvalue weighted by Crippen LogP contribution is 2.35. The van der Waals surface area contributed by atoms with Crippen molar-refractivity contribution >= 4 is 0 Å². The minimum Gasteiger partial charge on any atom is -0.494 e. The van der Waals surface area contributed by atoms with Crippen LogP contribution in [0.1, 0.15) is 44.1 Å². The van der Waals surface area contributed by atoms with E-state index in [-0.39, 0.29) is 0 Å². The molecule has 3 heteroatoms. The largest absolute Gasteiger partial charge is 0.494 e. The Balaban J connectivity index is 1.35. The smallest absolute Gasteiger partial charge is 0.119 e. The number of ether oxygens (including phenoxy) is 1. The molecule has 0 bridgehead atoms. The maximum atomic E-state index is 8.77. The number of hydrogen-bond donors (Lipinski definition) is 0. The van der Waals surface area contributed by atoms with Gasteiger partial charge in [-0.1, -0.05) is 19.3 Å². The number of piperidine rings is 1. The van der Waals surface area contributed by atoms with Gasteiger partial charge < -0.3 is 9.64 Å². The third-order valence-corrected chi connectivity index (χ3v) is 5.25. The Kier molecular flexibility index (Phi) is 5.34. The highest BCUT2D eigenvalue weighted by Gasteiger charge is 2.30. The van der Waals surface area contributed by atoms with Crippen LogP contribution in [0, 0.1) is 23.2 Å². The van der Waals surface area contributed by atoms with Crippen LogP contribution in [0.2, 0.25) is 0 Å². The predicted molar refractivity (Wildman–Crippen MR) is 87.8 cm³/mol. The van der Waals surface area contributed by atoms with Crippen LogP contribution in [-0.2, 0) is 0 Å². The summed E-state index contributed by atoms with van der Waals surface area (Å²) in [5.41, 5.74) is 0.683. The van der Waals surface area contributed by atoms with E-state index in [2.05, 4.69) is 11.0 Å². The van der Waals surface area contributed by atoms with E-state index in [1.165, 1.54) is 45.2 Å². The van der Waals surface area contributed by atoms with Gasteiger partial charge in [0, 0.05) is 13.1 Å². The molecule has 22 heavy (non-hydrogen) atoms. The highest BCUT2D eigenvalue weighted by atomic mass is 16.5. The van der Waals surface area contributed by atoms with Gasteiger partial charge in [0.25, 0.3) is 0 Å². The van der Waals surface area contributed by atoms with Gasteiger partial charge in [-0.05, 0) is 61.9 Å². The molecule has 2 unspecified atom stereocenters. The van der Waals surface area contributed by atoms with E-state index in [1.807, 2.05) is 24.3 Å². The molecule has 1 heterocycles. The second kappa shape index (κ2) is 7.65.